The van der Waals surface area contributed by atoms with Crippen LogP contribution >= 0.6 is 0 Å². The van der Waals surface area contributed by atoms with E-state index in [2.05, 4.69) is 0 Å². The lowest BCUT2D eigenvalue weighted by Gasteiger charge is -2.28. The molecule has 0 saturated heterocycles. The smallest absolute Gasteiger partial charge is 0.308 e. The Kier molecular flexibility index (Phi) is 45.7. The second-order valence-corrected chi connectivity index (χ2v) is 37.1. The zero-order valence-corrected chi connectivity index (χ0v) is 84.1. The number of esters is 7. The molecule has 25 heteroatoms. The van der Waals surface area contributed by atoms with E-state index in [1.165, 1.54) is 78.3 Å². The molecule has 0 aliphatic rings. The van der Waals surface area contributed by atoms with Gasteiger partial charge in [-0.15, -0.1) is 0 Å². The van der Waals surface area contributed by atoms with E-state index in [9.17, 15) is 69.0 Å². The number of benzene rings is 10. The standard InChI is InChI=1S/C30H36O4.C16H24O3.C14H20O3.C12H16O3.C11H14O3.C10H12O3.C9H10O3.C8H8O3/c1-20-8-10-21(11-9-20)18-33-34-19-22-12-14-23(15-13-22)27(31)24-16-25(29(2,3)4)28(32)26(17-24)30(5,6)7;1-10(17)19-11-8-12(15(2,3)4)14(18)13(9-11)16(5,6)7;1-8(2)12-6-11(17-10(5)15)7-13(9(3)4)14(12)16;1-4-9-6-11(15-8(3)13)7-10(5-2)12(9)14;1-7-4-10(6-14-9(3)12)5-8(2)11(7)13;1-6-4-9(13-8(3)11)5-7(2)10(6)12;1-7(10)12-6-8-2-4-9(11)5-3-8;1-6(9)11-8-4-2-7(10)3-5-8/h8-17,32H,18-19H2,1-7H3;8-9,18H,1-7H3;6-9,16H,1-5H3;6-7,14H,4-5H2,1-3H3;4-5,13H,6H2,1-3H3;4-5,12H,1-3H3;2-5,11H,6H2,1H3;2-5,10H,1H3. The molecule has 135 heavy (non-hydrogen) atoms. The van der Waals surface area contributed by atoms with Crippen LogP contribution in [0.4, 0.5) is 0 Å². The number of phenolic OH excluding ortho intramolecular Hbond substituents is 8. The van der Waals surface area contributed by atoms with Crippen LogP contribution in [0.2, 0.25) is 0 Å². The van der Waals surface area contributed by atoms with Crippen molar-refractivity contribution < 1.29 is 122 Å². The summed E-state index contributed by atoms with van der Waals surface area (Å²) in [6.45, 7) is 56.2. The van der Waals surface area contributed by atoms with Crippen molar-refractivity contribution in [3.63, 3.8) is 0 Å². The fraction of sp³-hybridized carbons (Fsp3) is 0.382. The third-order valence-corrected chi connectivity index (χ3v) is 19.9. The van der Waals surface area contributed by atoms with Crippen LogP contribution in [0.5, 0.6) is 74.7 Å². The molecule has 0 unspecified atom stereocenters. The Morgan fingerprint density at radius 1 is 0.281 bits per heavy atom. The molecule has 0 saturated carbocycles. The van der Waals surface area contributed by atoms with E-state index >= 15 is 0 Å². The Hall–Kier alpha value is -13.5. The summed E-state index contributed by atoms with van der Waals surface area (Å²) < 4.78 is 34.5. The fourth-order valence-corrected chi connectivity index (χ4v) is 12.9. The summed E-state index contributed by atoms with van der Waals surface area (Å²) in [6.07, 6.45) is 1.43. The SMILES string of the molecule is CC(=O)OCc1cc(C)c(O)c(C)c1.CC(=O)OCc1ccc(O)cc1.CC(=O)Oc1cc(C(C)(C)C)c(O)c(C(C)(C)C)c1.CC(=O)Oc1cc(C(C)C)c(O)c(C(C)C)c1.CC(=O)Oc1cc(C)c(O)c(C)c1.CC(=O)Oc1ccc(O)cc1.CCc1cc(OC(C)=O)cc(CC)c1O.Cc1ccc(COOCc2ccc(C(=O)c3cc(C(C)(C)C)c(O)c(C(C)(C)C)c3)cc2)cc1. The van der Waals surface area contributed by atoms with Crippen LogP contribution < -0.4 is 23.7 Å². The van der Waals surface area contributed by atoms with E-state index in [1.54, 1.807) is 98.8 Å². The Bertz CT molecular complexity index is 5440. The highest BCUT2D eigenvalue weighted by Crippen LogP contribution is 2.44. The maximum atomic E-state index is 13.3. The van der Waals surface area contributed by atoms with Crippen LogP contribution in [0.3, 0.4) is 0 Å². The number of aromatic hydroxyl groups is 8. The van der Waals surface area contributed by atoms with Crippen LogP contribution in [0.25, 0.3) is 0 Å². The highest BCUT2D eigenvalue weighted by atomic mass is 17.2. The molecule has 10 rings (SSSR count). The van der Waals surface area contributed by atoms with E-state index in [4.69, 9.17) is 53.1 Å². The summed E-state index contributed by atoms with van der Waals surface area (Å²) in [5.74, 6) is 2.44. The van der Waals surface area contributed by atoms with E-state index in [1.807, 2.05) is 206 Å². The lowest BCUT2D eigenvalue weighted by atomic mass is 9.77. The monoisotopic (exact) mass is 1860 g/mol. The number of ketones is 1. The minimum absolute atomic E-state index is 0.0703. The topological polar surface area (TPSA) is 381 Å². The fourth-order valence-electron chi connectivity index (χ4n) is 12.9. The van der Waals surface area contributed by atoms with Crippen molar-refractivity contribution in [2.75, 3.05) is 0 Å². The Balaban J connectivity index is 0.000000410. The normalized spacial score (nSPS) is 10.8. The van der Waals surface area contributed by atoms with Gasteiger partial charge in [0.1, 0.15) is 101 Å². The molecular weight excluding hydrogens is 1720 g/mol. The van der Waals surface area contributed by atoms with Gasteiger partial charge in [-0.2, -0.15) is 0 Å². The van der Waals surface area contributed by atoms with Gasteiger partial charge in [-0.1, -0.05) is 191 Å². The van der Waals surface area contributed by atoms with Crippen LogP contribution in [0.15, 0.2) is 170 Å². The predicted molar refractivity (Wildman–Crippen MR) is 524 cm³/mol. The largest absolute Gasteiger partial charge is 0.508 e. The average molecular weight is 1860 g/mol. The summed E-state index contributed by atoms with van der Waals surface area (Å²) in [5, 5.41) is 78.1. The van der Waals surface area contributed by atoms with Gasteiger partial charge in [-0.05, 0) is 246 Å². The van der Waals surface area contributed by atoms with Gasteiger partial charge in [0.25, 0.3) is 0 Å². The van der Waals surface area contributed by atoms with Crippen molar-refractivity contribution in [2.24, 2.45) is 0 Å². The predicted octanol–water partition coefficient (Wildman–Crippen LogP) is 23.9. The summed E-state index contributed by atoms with van der Waals surface area (Å²) >= 11 is 0. The molecule has 0 aliphatic carbocycles. The molecule has 0 aromatic heterocycles. The van der Waals surface area contributed by atoms with Crippen LogP contribution in [-0.4, -0.2) is 88.4 Å². The minimum atomic E-state index is -0.365. The first kappa shape index (κ1) is 116. The number of ether oxygens (including phenoxy) is 7. The molecule has 0 heterocycles. The maximum absolute atomic E-state index is 13.3. The van der Waals surface area contributed by atoms with Crippen LogP contribution in [0, 0.1) is 34.6 Å². The molecule has 10 aromatic carbocycles. The van der Waals surface area contributed by atoms with Crippen molar-refractivity contribution in [2.45, 2.75) is 280 Å². The number of phenols is 8. The van der Waals surface area contributed by atoms with Gasteiger partial charge in [-0.3, -0.25) is 38.4 Å². The molecule has 8 N–H and O–H groups in total. The lowest BCUT2D eigenvalue weighted by molar-refractivity contribution is -0.313. The van der Waals surface area contributed by atoms with Crippen LogP contribution in [0.1, 0.15) is 295 Å². The number of aryl methyl sites for hydroxylation is 7. The summed E-state index contributed by atoms with van der Waals surface area (Å²) in [7, 11) is 0. The molecule has 25 nitrogen and oxygen atoms in total. The Morgan fingerprint density at radius 2 is 0.563 bits per heavy atom. The third-order valence-electron chi connectivity index (χ3n) is 19.9. The van der Waals surface area contributed by atoms with Crippen LogP contribution in [-0.2, 0) is 114 Å². The summed E-state index contributed by atoms with van der Waals surface area (Å²) in [4.78, 5) is 99.0. The van der Waals surface area contributed by atoms with Crippen molar-refractivity contribution >= 4 is 47.6 Å². The van der Waals surface area contributed by atoms with Crippen molar-refractivity contribution in [1.29, 1.82) is 0 Å². The quantitative estimate of drug-likeness (QED) is 0.00877. The molecule has 0 radical (unpaired) electrons. The first-order valence-electron chi connectivity index (χ1n) is 44.3. The molecule has 0 bridgehead atoms. The van der Waals surface area contributed by atoms with Gasteiger partial charge in [0, 0.05) is 93.0 Å². The van der Waals surface area contributed by atoms with E-state index in [-0.39, 0.29) is 123 Å². The Labute approximate surface area is 796 Å². The third kappa shape index (κ3) is 40.8. The molecule has 10 aromatic rings. The summed E-state index contributed by atoms with van der Waals surface area (Å²) in [5.41, 5.74) is 14.5. The zero-order chi connectivity index (χ0) is 103. The highest BCUT2D eigenvalue weighted by Gasteiger charge is 2.30. The second-order valence-electron chi connectivity index (χ2n) is 37.1. The van der Waals surface area contributed by atoms with Crippen molar-refractivity contribution in [3.05, 3.63) is 276 Å². The molecule has 0 spiro atoms. The summed E-state index contributed by atoms with van der Waals surface area (Å²) in [6, 6.07) is 48.8. The van der Waals surface area contributed by atoms with E-state index < -0.39 is 0 Å². The van der Waals surface area contributed by atoms with Crippen molar-refractivity contribution in [1.82, 2.24) is 0 Å². The first-order valence-corrected chi connectivity index (χ1v) is 44.3. The molecule has 730 valence electrons. The lowest BCUT2D eigenvalue weighted by Crippen LogP contribution is -2.19. The van der Waals surface area contributed by atoms with Gasteiger partial charge in [0.05, 0.1) is 0 Å². The second kappa shape index (κ2) is 53.4. The number of hydrogen-bond donors (Lipinski definition) is 8. The van der Waals surface area contributed by atoms with E-state index in [0.717, 1.165) is 77.9 Å². The zero-order valence-electron chi connectivity index (χ0n) is 84.1. The highest BCUT2D eigenvalue weighted by molar-refractivity contribution is 6.09. The van der Waals surface area contributed by atoms with Gasteiger partial charge < -0.3 is 74.0 Å². The van der Waals surface area contributed by atoms with E-state index in [0.29, 0.717) is 94.3 Å². The van der Waals surface area contributed by atoms with Gasteiger partial charge >= 0.3 is 41.8 Å². The maximum Gasteiger partial charge on any atom is 0.308 e. The molecule has 0 amide bonds. The minimum Gasteiger partial charge on any atom is -0.508 e. The Morgan fingerprint density at radius 3 is 0.889 bits per heavy atom. The van der Waals surface area contributed by atoms with Gasteiger partial charge in [0.15, 0.2) is 5.78 Å². The molecule has 0 aliphatic heterocycles. The number of carbonyl (C=O) groups excluding carboxylic acids is 8. The molecule has 0 fully saturated rings. The number of hydrogen-bond acceptors (Lipinski definition) is 25. The first-order chi connectivity index (χ1) is 62.6. The average Bonchev–Trinajstić information content (AvgIpc) is 0.760. The number of rotatable bonds is 20. The van der Waals surface area contributed by atoms with Gasteiger partial charge in [0.2, 0.25) is 0 Å². The molecular formula is C110H140O25. The number of carbonyl (C=O) groups is 8. The molecule has 0 atom stereocenters. The van der Waals surface area contributed by atoms with Crippen molar-refractivity contribution in [3.8, 4) is 74.7 Å². The van der Waals surface area contributed by atoms with Gasteiger partial charge in [-0.25, -0.2) is 9.78 Å².